The first-order chi connectivity index (χ1) is 5.33. The molecule has 4 heteroatoms. The molecule has 0 fully saturated rings. The second-order valence-corrected chi connectivity index (χ2v) is 2.23. The number of rotatable bonds is 3. The monoisotopic (exact) mass is 190 g/mol. The molecule has 3 N–H and O–H groups in total. The fourth-order valence-corrected chi connectivity index (χ4v) is 0.815. The van der Waals surface area contributed by atoms with Crippen LogP contribution in [-0.4, -0.2) is 13.1 Å². The lowest BCUT2D eigenvalue weighted by molar-refractivity contribution is 0.628. The van der Waals surface area contributed by atoms with E-state index in [-0.39, 0.29) is 18.2 Å². The maximum absolute atomic E-state index is 12.5. The van der Waals surface area contributed by atoms with Crippen molar-refractivity contribution in [2.24, 2.45) is 5.73 Å². The number of anilines is 1. The Hall–Kier alpha value is -0.800. The Bertz CT molecular complexity index is 230. The van der Waals surface area contributed by atoms with Crippen molar-refractivity contribution >= 4 is 18.1 Å². The van der Waals surface area contributed by atoms with Gasteiger partial charge in [0.05, 0.1) is 0 Å². The summed E-state index contributed by atoms with van der Waals surface area (Å²) in [5, 5.41) is 2.97. The first-order valence-electron chi connectivity index (χ1n) is 3.52. The van der Waals surface area contributed by atoms with Gasteiger partial charge in [-0.25, -0.2) is 4.39 Å². The summed E-state index contributed by atoms with van der Waals surface area (Å²) in [6.45, 7) is 1.22. The molecule has 0 aliphatic heterocycles. The van der Waals surface area contributed by atoms with E-state index < -0.39 is 0 Å². The van der Waals surface area contributed by atoms with Crippen LogP contribution in [0.2, 0.25) is 0 Å². The van der Waals surface area contributed by atoms with Gasteiger partial charge in [-0.1, -0.05) is 6.07 Å². The van der Waals surface area contributed by atoms with Gasteiger partial charge in [0.15, 0.2) is 0 Å². The summed E-state index contributed by atoms with van der Waals surface area (Å²) < 4.78 is 12.5. The lowest BCUT2D eigenvalue weighted by Gasteiger charge is -2.02. The lowest BCUT2D eigenvalue weighted by Crippen LogP contribution is -2.12. The third kappa shape index (κ3) is 3.55. The first-order valence-corrected chi connectivity index (χ1v) is 3.52. The molecule has 0 heterocycles. The normalized spacial score (nSPS) is 8.83. The summed E-state index contributed by atoms with van der Waals surface area (Å²) in [7, 11) is 0. The molecule has 1 aromatic rings. The number of hydrogen-bond donors (Lipinski definition) is 2. The smallest absolute Gasteiger partial charge is 0.125 e. The van der Waals surface area contributed by atoms with E-state index in [0.717, 1.165) is 5.69 Å². The molecule has 0 atom stereocenters. The number of nitrogens with two attached hydrogens (primary N) is 1. The maximum Gasteiger partial charge on any atom is 0.125 e. The number of benzene rings is 1. The maximum atomic E-state index is 12.5. The van der Waals surface area contributed by atoms with Crippen LogP contribution in [0.5, 0.6) is 0 Å². The summed E-state index contributed by atoms with van der Waals surface area (Å²) in [4.78, 5) is 0. The molecular formula is C8H12ClFN2. The minimum atomic E-state index is -0.230. The molecule has 0 radical (unpaired) electrons. The van der Waals surface area contributed by atoms with E-state index in [1.807, 2.05) is 0 Å². The highest BCUT2D eigenvalue weighted by molar-refractivity contribution is 5.85. The second-order valence-electron chi connectivity index (χ2n) is 2.23. The molecule has 12 heavy (non-hydrogen) atoms. The predicted octanol–water partition coefficient (Wildman–Crippen LogP) is 1.62. The third-order valence-electron chi connectivity index (χ3n) is 1.30. The minimum absolute atomic E-state index is 0. The molecule has 0 saturated heterocycles. The van der Waals surface area contributed by atoms with Crippen LogP contribution >= 0.6 is 12.4 Å². The van der Waals surface area contributed by atoms with Crippen LogP contribution in [0.15, 0.2) is 24.3 Å². The van der Waals surface area contributed by atoms with Gasteiger partial charge in [0.2, 0.25) is 0 Å². The molecule has 1 aromatic carbocycles. The van der Waals surface area contributed by atoms with Gasteiger partial charge in [0, 0.05) is 18.8 Å². The summed E-state index contributed by atoms with van der Waals surface area (Å²) in [5.41, 5.74) is 6.03. The molecule has 0 spiro atoms. The van der Waals surface area contributed by atoms with Crippen molar-refractivity contribution in [2.45, 2.75) is 0 Å². The van der Waals surface area contributed by atoms with Crippen LogP contribution in [0.3, 0.4) is 0 Å². The van der Waals surface area contributed by atoms with Crippen molar-refractivity contribution in [3.8, 4) is 0 Å². The van der Waals surface area contributed by atoms with Crippen LogP contribution < -0.4 is 11.1 Å². The van der Waals surface area contributed by atoms with Crippen LogP contribution in [0.1, 0.15) is 0 Å². The molecule has 0 saturated carbocycles. The van der Waals surface area contributed by atoms with E-state index in [0.29, 0.717) is 13.1 Å². The summed E-state index contributed by atoms with van der Waals surface area (Å²) in [5.74, 6) is -0.230. The zero-order chi connectivity index (χ0) is 8.10. The van der Waals surface area contributed by atoms with Crippen molar-refractivity contribution in [3.63, 3.8) is 0 Å². The van der Waals surface area contributed by atoms with Crippen LogP contribution in [0.4, 0.5) is 10.1 Å². The van der Waals surface area contributed by atoms with Crippen molar-refractivity contribution in [3.05, 3.63) is 30.1 Å². The standard InChI is InChI=1S/C8H11FN2.ClH/c9-7-2-1-3-8(6-7)11-5-4-10;/h1-3,6,11H,4-5,10H2;1H. The molecule has 0 amide bonds. The first kappa shape index (κ1) is 11.2. The van der Waals surface area contributed by atoms with Gasteiger partial charge in [-0.05, 0) is 18.2 Å². The predicted molar refractivity (Wildman–Crippen MR) is 51.2 cm³/mol. The fraction of sp³-hybridized carbons (Fsp3) is 0.250. The lowest BCUT2D eigenvalue weighted by atomic mass is 10.3. The molecule has 1 rings (SSSR count). The van der Waals surface area contributed by atoms with E-state index in [1.165, 1.54) is 12.1 Å². The van der Waals surface area contributed by atoms with Gasteiger partial charge >= 0.3 is 0 Å². The molecular weight excluding hydrogens is 179 g/mol. The molecule has 68 valence electrons. The Labute approximate surface area is 77.4 Å². The van der Waals surface area contributed by atoms with E-state index in [9.17, 15) is 4.39 Å². The molecule has 0 bridgehead atoms. The molecule has 0 aromatic heterocycles. The van der Waals surface area contributed by atoms with E-state index >= 15 is 0 Å². The Kier molecular flexibility index (Phi) is 5.41. The zero-order valence-electron chi connectivity index (χ0n) is 6.59. The number of hydrogen-bond acceptors (Lipinski definition) is 2. The second kappa shape index (κ2) is 5.80. The topological polar surface area (TPSA) is 38.0 Å². The van der Waals surface area contributed by atoms with Gasteiger partial charge < -0.3 is 11.1 Å². The zero-order valence-corrected chi connectivity index (χ0v) is 7.40. The fourth-order valence-electron chi connectivity index (χ4n) is 0.815. The van der Waals surface area contributed by atoms with Crippen LogP contribution in [-0.2, 0) is 0 Å². The van der Waals surface area contributed by atoms with Crippen LogP contribution in [0.25, 0.3) is 0 Å². The Morgan fingerprint density at radius 3 is 2.75 bits per heavy atom. The van der Waals surface area contributed by atoms with Crippen molar-refractivity contribution in [1.82, 2.24) is 0 Å². The average molecular weight is 191 g/mol. The summed E-state index contributed by atoms with van der Waals surface area (Å²) >= 11 is 0. The summed E-state index contributed by atoms with van der Waals surface area (Å²) in [6.07, 6.45) is 0. The van der Waals surface area contributed by atoms with Gasteiger partial charge in [-0.2, -0.15) is 0 Å². The highest BCUT2D eigenvalue weighted by Crippen LogP contribution is 2.07. The Balaban J connectivity index is 0.00000121. The number of halogens is 2. The number of nitrogens with one attached hydrogen (secondary N) is 1. The van der Waals surface area contributed by atoms with Crippen molar-refractivity contribution in [2.75, 3.05) is 18.4 Å². The SMILES string of the molecule is Cl.NCCNc1cccc(F)c1. The van der Waals surface area contributed by atoms with E-state index in [2.05, 4.69) is 5.32 Å². The van der Waals surface area contributed by atoms with Gasteiger partial charge in [-0.3, -0.25) is 0 Å². The summed E-state index contributed by atoms with van der Waals surface area (Å²) in [6, 6.07) is 6.32. The van der Waals surface area contributed by atoms with Crippen molar-refractivity contribution in [1.29, 1.82) is 0 Å². The average Bonchev–Trinajstić information content (AvgIpc) is 2.01. The molecule has 0 aliphatic carbocycles. The van der Waals surface area contributed by atoms with E-state index in [4.69, 9.17) is 5.73 Å². The van der Waals surface area contributed by atoms with Gasteiger partial charge in [-0.15, -0.1) is 12.4 Å². The van der Waals surface area contributed by atoms with Gasteiger partial charge in [0.25, 0.3) is 0 Å². The molecule has 2 nitrogen and oxygen atoms in total. The Morgan fingerprint density at radius 2 is 2.17 bits per heavy atom. The molecule has 0 unspecified atom stereocenters. The van der Waals surface area contributed by atoms with E-state index in [1.54, 1.807) is 12.1 Å². The minimum Gasteiger partial charge on any atom is -0.384 e. The molecule has 0 aliphatic rings. The van der Waals surface area contributed by atoms with Crippen molar-refractivity contribution < 1.29 is 4.39 Å². The Morgan fingerprint density at radius 1 is 1.42 bits per heavy atom. The van der Waals surface area contributed by atoms with Gasteiger partial charge in [0.1, 0.15) is 5.82 Å². The largest absolute Gasteiger partial charge is 0.384 e. The quantitative estimate of drug-likeness (QED) is 0.760. The third-order valence-corrected chi connectivity index (χ3v) is 1.30. The highest BCUT2D eigenvalue weighted by atomic mass is 35.5. The van der Waals surface area contributed by atoms with Crippen LogP contribution in [0, 0.1) is 5.82 Å². The highest BCUT2D eigenvalue weighted by Gasteiger charge is 1.91.